The molecule has 2 aromatic carbocycles. The summed E-state index contributed by atoms with van der Waals surface area (Å²) in [6, 6.07) is 12.8. The summed E-state index contributed by atoms with van der Waals surface area (Å²) in [4.78, 5) is -0.336. The van der Waals surface area contributed by atoms with E-state index in [0.717, 1.165) is 17.4 Å². The van der Waals surface area contributed by atoms with E-state index < -0.39 is 15.8 Å². The Hall–Kier alpha value is -1.92. The number of nitrogens with one attached hydrogen (secondary N) is 1. The number of benzene rings is 2. The van der Waals surface area contributed by atoms with Gasteiger partial charge in [0.2, 0.25) is 10.0 Å². The largest absolute Gasteiger partial charge is 0.493 e. The van der Waals surface area contributed by atoms with Crippen LogP contribution < -0.4 is 9.46 Å². The van der Waals surface area contributed by atoms with Crippen molar-refractivity contribution in [3.63, 3.8) is 0 Å². The first-order chi connectivity index (χ1) is 10.1. The number of sulfonamides is 1. The van der Waals surface area contributed by atoms with Gasteiger partial charge in [-0.3, -0.25) is 0 Å². The molecule has 0 saturated heterocycles. The van der Waals surface area contributed by atoms with E-state index >= 15 is 0 Å². The van der Waals surface area contributed by atoms with Gasteiger partial charge in [0.1, 0.15) is 16.5 Å². The minimum absolute atomic E-state index is 0.0669. The molecule has 110 valence electrons. The van der Waals surface area contributed by atoms with Crippen LogP contribution in [0.15, 0.2) is 53.4 Å². The third-order valence-corrected chi connectivity index (χ3v) is 4.90. The molecule has 0 bridgehead atoms. The highest BCUT2D eigenvalue weighted by atomic mass is 32.2. The Morgan fingerprint density at radius 3 is 2.67 bits per heavy atom. The van der Waals surface area contributed by atoms with Crippen molar-refractivity contribution >= 4 is 10.0 Å². The molecule has 1 heterocycles. The van der Waals surface area contributed by atoms with Crippen LogP contribution in [-0.4, -0.2) is 21.6 Å². The van der Waals surface area contributed by atoms with Crippen molar-refractivity contribution in [1.82, 2.24) is 4.72 Å². The molecule has 6 heteroatoms. The fraction of sp³-hybridized carbons (Fsp3) is 0.200. The van der Waals surface area contributed by atoms with Gasteiger partial charge >= 0.3 is 0 Å². The first-order valence-electron chi connectivity index (χ1n) is 6.54. The fourth-order valence-electron chi connectivity index (χ4n) is 2.35. The van der Waals surface area contributed by atoms with E-state index in [2.05, 4.69) is 4.72 Å². The number of fused-ring (bicyclic) bond motifs is 1. The van der Waals surface area contributed by atoms with Crippen molar-refractivity contribution in [2.24, 2.45) is 0 Å². The van der Waals surface area contributed by atoms with Gasteiger partial charge in [-0.25, -0.2) is 17.5 Å². The van der Waals surface area contributed by atoms with E-state index in [9.17, 15) is 12.8 Å². The second-order valence-electron chi connectivity index (χ2n) is 4.83. The van der Waals surface area contributed by atoms with Crippen LogP contribution in [0, 0.1) is 5.82 Å². The van der Waals surface area contributed by atoms with Crippen molar-refractivity contribution in [2.45, 2.75) is 10.8 Å². The lowest BCUT2D eigenvalue weighted by Gasteiger charge is -2.11. The predicted octanol–water partition coefficient (Wildman–Crippen LogP) is 2.28. The molecule has 0 amide bonds. The SMILES string of the molecule is O=S(=O)(NC[C@@H]1COc2ccccc21)c1ccccc1F. The normalized spacial score (nSPS) is 17.3. The average molecular weight is 307 g/mol. The highest BCUT2D eigenvalue weighted by Gasteiger charge is 2.26. The number of para-hydroxylation sites is 1. The lowest BCUT2D eigenvalue weighted by Crippen LogP contribution is -2.29. The zero-order valence-corrected chi connectivity index (χ0v) is 11.9. The highest BCUT2D eigenvalue weighted by Crippen LogP contribution is 2.33. The third-order valence-electron chi connectivity index (χ3n) is 3.44. The first-order valence-corrected chi connectivity index (χ1v) is 8.02. The van der Waals surface area contributed by atoms with E-state index in [0.29, 0.717) is 6.61 Å². The van der Waals surface area contributed by atoms with Gasteiger partial charge < -0.3 is 4.74 Å². The summed E-state index contributed by atoms with van der Waals surface area (Å²) in [6.45, 7) is 0.590. The lowest BCUT2D eigenvalue weighted by atomic mass is 10.0. The minimum Gasteiger partial charge on any atom is -0.493 e. The smallest absolute Gasteiger partial charge is 0.243 e. The van der Waals surface area contributed by atoms with Crippen LogP contribution in [0.2, 0.25) is 0 Å². The molecule has 0 aromatic heterocycles. The van der Waals surface area contributed by atoms with Crippen molar-refractivity contribution < 1.29 is 17.5 Å². The molecule has 0 saturated carbocycles. The molecular weight excluding hydrogens is 293 g/mol. The molecule has 1 atom stereocenters. The van der Waals surface area contributed by atoms with E-state index in [1.165, 1.54) is 18.2 Å². The van der Waals surface area contributed by atoms with Crippen molar-refractivity contribution in [3.05, 3.63) is 59.9 Å². The molecule has 1 aliphatic rings. The van der Waals surface area contributed by atoms with Crippen LogP contribution in [-0.2, 0) is 10.0 Å². The Kier molecular flexibility index (Phi) is 3.65. The monoisotopic (exact) mass is 307 g/mol. The van der Waals surface area contributed by atoms with Crippen LogP contribution >= 0.6 is 0 Å². The molecule has 0 unspecified atom stereocenters. The Bertz CT molecular complexity index is 761. The topological polar surface area (TPSA) is 55.4 Å². The molecule has 0 aliphatic carbocycles. The Morgan fingerprint density at radius 2 is 1.86 bits per heavy atom. The van der Waals surface area contributed by atoms with Gasteiger partial charge in [-0.1, -0.05) is 30.3 Å². The number of hydrogen-bond donors (Lipinski definition) is 1. The summed E-state index contributed by atoms with van der Waals surface area (Å²) in [7, 11) is -3.86. The van der Waals surface area contributed by atoms with E-state index in [1.807, 2.05) is 24.3 Å². The summed E-state index contributed by atoms with van der Waals surface area (Å²) in [5.41, 5.74) is 0.966. The van der Waals surface area contributed by atoms with Crippen LogP contribution in [0.3, 0.4) is 0 Å². The predicted molar refractivity (Wildman–Crippen MR) is 76.3 cm³/mol. The maximum absolute atomic E-state index is 13.6. The minimum atomic E-state index is -3.86. The standard InChI is InChI=1S/C15H14FNO3S/c16-13-6-2-4-8-15(13)21(18,19)17-9-11-10-20-14-7-3-1-5-12(11)14/h1-8,11,17H,9-10H2/t11-/m1/s1. The summed E-state index contributed by atoms with van der Waals surface area (Å²) >= 11 is 0. The second kappa shape index (κ2) is 5.46. The van der Waals surface area contributed by atoms with Crippen molar-refractivity contribution in [1.29, 1.82) is 0 Å². The quantitative estimate of drug-likeness (QED) is 0.943. The van der Waals surface area contributed by atoms with Crippen molar-refractivity contribution in [3.8, 4) is 5.75 Å². The maximum Gasteiger partial charge on any atom is 0.243 e. The van der Waals surface area contributed by atoms with Crippen LogP contribution in [0.25, 0.3) is 0 Å². The first kappa shape index (κ1) is 14.0. The number of halogens is 1. The fourth-order valence-corrected chi connectivity index (χ4v) is 3.51. The van der Waals surface area contributed by atoms with Gasteiger partial charge in [0.15, 0.2) is 0 Å². The van der Waals surface area contributed by atoms with Gasteiger partial charge in [-0.15, -0.1) is 0 Å². The molecule has 0 radical (unpaired) electrons. The second-order valence-corrected chi connectivity index (χ2v) is 6.56. The molecule has 1 aliphatic heterocycles. The Labute approximate surface area is 122 Å². The van der Waals surface area contributed by atoms with E-state index in [4.69, 9.17) is 4.74 Å². The molecule has 4 nitrogen and oxygen atoms in total. The molecule has 1 N–H and O–H groups in total. The summed E-state index contributed by atoms with van der Waals surface area (Å²) in [5.74, 6) is -0.0524. The molecule has 0 fully saturated rings. The average Bonchev–Trinajstić information content (AvgIpc) is 2.89. The number of hydrogen-bond acceptors (Lipinski definition) is 3. The van der Waals surface area contributed by atoms with Gasteiger partial charge in [-0.05, 0) is 18.2 Å². The third kappa shape index (κ3) is 2.77. The Morgan fingerprint density at radius 1 is 1.14 bits per heavy atom. The van der Waals surface area contributed by atoms with Crippen LogP contribution in [0.4, 0.5) is 4.39 Å². The number of ether oxygens (including phenoxy) is 1. The highest BCUT2D eigenvalue weighted by molar-refractivity contribution is 7.89. The molecule has 0 spiro atoms. The van der Waals surface area contributed by atoms with E-state index in [-0.39, 0.29) is 17.4 Å². The zero-order chi connectivity index (χ0) is 14.9. The summed E-state index contributed by atoms with van der Waals surface area (Å²) in [5, 5.41) is 0. The molecule has 21 heavy (non-hydrogen) atoms. The summed E-state index contributed by atoms with van der Waals surface area (Å²) in [6.07, 6.45) is 0. The molecular formula is C15H14FNO3S. The number of rotatable bonds is 4. The zero-order valence-electron chi connectivity index (χ0n) is 11.1. The van der Waals surface area contributed by atoms with Gasteiger partial charge in [0, 0.05) is 18.0 Å². The van der Waals surface area contributed by atoms with Crippen LogP contribution in [0.1, 0.15) is 11.5 Å². The molecule has 2 aromatic rings. The Balaban J connectivity index is 1.76. The van der Waals surface area contributed by atoms with Gasteiger partial charge in [0.25, 0.3) is 0 Å². The van der Waals surface area contributed by atoms with E-state index in [1.54, 1.807) is 0 Å². The van der Waals surface area contributed by atoms with Gasteiger partial charge in [-0.2, -0.15) is 0 Å². The lowest BCUT2D eigenvalue weighted by molar-refractivity contribution is 0.330. The summed E-state index contributed by atoms with van der Waals surface area (Å²) < 4.78 is 45.8. The van der Waals surface area contributed by atoms with Crippen LogP contribution in [0.5, 0.6) is 5.75 Å². The molecule has 3 rings (SSSR count). The maximum atomic E-state index is 13.6. The van der Waals surface area contributed by atoms with Gasteiger partial charge in [0.05, 0.1) is 6.61 Å². The van der Waals surface area contributed by atoms with Crippen molar-refractivity contribution in [2.75, 3.05) is 13.2 Å².